The summed E-state index contributed by atoms with van der Waals surface area (Å²) in [4.78, 5) is 17.6. The van der Waals surface area contributed by atoms with E-state index in [9.17, 15) is 13.6 Å². The Morgan fingerprint density at radius 2 is 1.96 bits per heavy atom. The number of hydrogen-bond acceptors (Lipinski definition) is 5. The average Bonchev–Trinajstić information content (AvgIpc) is 3.24. The third-order valence-corrected chi connectivity index (χ3v) is 4.92. The smallest absolute Gasteiger partial charge is 0.387 e. The first-order valence-corrected chi connectivity index (χ1v) is 8.64. The van der Waals surface area contributed by atoms with Gasteiger partial charge in [0, 0.05) is 10.9 Å². The van der Waals surface area contributed by atoms with Gasteiger partial charge in [-0.25, -0.2) is 4.98 Å². The number of alkyl halides is 2. The molecule has 0 N–H and O–H groups in total. The summed E-state index contributed by atoms with van der Waals surface area (Å²) < 4.78 is 28.4. The first-order chi connectivity index (χ1) is 11.6. The summed E-state index contributed by atoms with van der Waals surface area (Å²) in [5.74, 6) is -0.213. The molecule has 3 rings (SSSR count). The molecule has 3 nitrogen and oxygen atoms in total. The highest BCUT2D eigenvalue weighted by atomic mass is 32.1. The highest BCUT2D eigenvalue weighted by Crippen LogP contribution is 2.28. The maximum atomic E-state index is 12.1. The lowest BCUT2D eigenvalue weighted by Crippen LogP contribution is -2.02. The first-order valence-electron chi connectivity index (χ1n) is 6.88. The van der Waals surface area contributed by atoms with Crippen molar-refractivity contribution in [2.24, 2.45) is 0 Å². The topological polar surface area (TPSA) is 39.2 Å². The second kappa shape index (κ2) is 7.46. The first kappa shape index (κ1) is 16.5. The lowest BCUT2D eigenvalue weighted by atomic mass is 10.1. The molecule has 122 valence electrons. The lowest BCUT2D eigenvalue weighted by molar-refractivity contribution is -0.0498. The summed E-state index contributed by atoms with van der Waals surface area (Å²) in [6.45, 7) is -2.88. The molecule has 0 radical (unpaired) electrons. The van der Waals surface area contributed by atoms with Crippen LogP contribution in [0.3, 0.4) is 0 Å². The van der Waals surface area contributed by atoms with Crippen molar-refractivity contribution in [3.8, 4) is 15.6 Å². The molecule has 24 heavy (non-hydrogen) atoms. The Bertz CT molecular complexity index is 840. The molecule has 0 amide bonds. The van der Waals surface area contributed by atoms with Crippen LogP contribution in [0, 0.1) is 0 Å². The number of allylic oxidation sites excluding steroid dienone is 1. The van der Waals surface area contributed by atoms with Crippen LogP contribution in [0.15, 0.2) is 53.2 Å². The number of ketones is 1. The third-order valence-electron chi connectivity index (χ3n) is 3.02. The molecule has 0 fully saturated rings. The standard InChI is InChI=1S/C17H11F2NO2S2/c18-17(19)22-13-6-3-11(4-7-13)14(21)8-5-12-10-24-16(20-12)15-2-1-9-23-15/h1-10,17H. The third kappa shape index (κ3) is 4.12. The number of hydrogen-bond donors (Lipinski definition) is 0. The van der Waals surface area contributed by atoms with Gasteiger partial charge in [-0.05, 0) is 47.9 Å². The maximum absolute atomic E-state index is 12.1. The fourth-order valence-electron chi connectivity index (χ4n) is 1.93. The Morgan fingerprint density at radius 1 is 1.17 bits per heavy atom. The van der Waals surface area contributed by atoms with E-state index in [1.807, 2.05) is 22.9 Å². The van der Waals surface area contributed by atoms with Crippen molar-refractivity contribution in [1.82, 2.24) is 4.98 Å². The van der Waals surface area contributed by atoms with Crippen LogP contribution in [0.4, 0.5) is 8.78 Å². The van der Waals surface area contributed by atoms with Gasteiger partial charge in [-0.2, -0.15) is 8.78 Å². The van der Waals surface area contributed by atoms with Gasteiger partial charge >= 0.3 is 6.61 Å². The summed E-state index contributed by atoms with van der Waals surface area (Å²) in [6.07, 6.45) is 3.05. The van der Waals surface area contributed by atoms with Crippen molar-refractivity contribution in [1.29, 1.82) is 0 Å². The molecule has 2 heterocycles. The van der Waals surface area contributed by atoms with Crippen LogP contribution in [0.1, 0.15) is 16.1 Å². The molecule has 0 aliphatic heterocycles. The monoisotopic (exact) mass is 363 g/mol. The summed E-state index contributed by atoms with van der Waals surface area (Å²) in [5, 5.41) is 4.76. The number of ether oxygens (including phenoxy) is 1. The van der Waals surface area contributed by atoms with E-state index in [0.717, 1.165) is 9.88 Å². The summed E-state index contributed by atoms with van der Waals surface area (Å²) >= 11 is 3.12. The van der Waals surface area contributed by atoms with Gasteiger partial charge in [0.25, 0.3) is 0 Å². The van der Waals surface area contributed by atoms with Crippen molar-refractivity contribution in [2.75, 3.05) is 0 Å². The quantitative estimate of drug-likeness (QED) is 0.437. The van der Waals surface area contributed by atoms with E-state index in [0.29, 0.717) is 11.3 Å². The Balaban J connectivity index is 1.67. The molecule has 0 aliphatic rings. The van der Waals surface area contributed by atoms with Crippen LogP contribution >= 0.6 is 22.7 Å². The molecule has 0 unspecified atom stereocenters. The summed E-state index contributed by atoms with van der Waals surface area (Å²) in [5.41, 5.74) is 1.09. The van der Waals surface area contributed by atoms with Gasteiger partial charge in [-0.15, -0.1) is 22.7 Å². The summed E-state index contributed by atoms with van der Waals surface area (Å²) in [7, 11) is 0. The number of halogens is 2. The molecule has 0 bridgehead atoms. The zero-order chi connectivity index (χ0) is 16.9. The number of thiophene rings is 1. The van der Waals surface area contributed by atoms with E-state index in [1.165, 1.54) is 41.7 Å². The number of carbonyl (C=O) groups excluding carboxylic acids is 1. The normalized spacial score (nSPS) is 11.3. The SMILES string of the molecule is O=C(C=Cc1csc(-c2cccs2)n1)c1ccc(OC(F)F)cc1. The van der Waals surface area contributed by atoms with Gasteiger partial charge in [0.2, 0.25) is 0 Å². The molecule has 0 aliphatic carbocycles. The average molecular weight is 363 g/mol. The van der Waals surface area contributed by atoms with Crippen molar-refractivity contribution in [3.63, 3.8) is 0 Å². The number of thiazole rings is 1. The van der Waals surface area contributed by atoms with Crippen LogP contribution in [0.25, 0.3) is 16.0 Å². The number of carbonyl (C=O) groups is 1. The van der Waals surface area contributed by atoms with E-state index >= 15 is 0 Å². The highest BCUT2D eigenvalue weighted by molar-refractivity contribution is 7.20. The Kier molecular flexibility index (Phi) is 5.12. The minimum absolute atomic E-state index is 0.0191. The Hall–Kier alpha value is -2.38. The lowest BCUT2D eigenvalue weighted by Gasteiger charge is -2.04. The summed E-state index contributed by atoms with van der Waals surface area (Å²) in [6, 6.07) is 9.52. The molecule has 0 saturated heterocycles. The molecular weight excluding hydrogens is 352 g/mol. The molecule has 0 spiro atoms. The van der Waals surface area contributed by atoms with E-state index in [1.54, 1.807) is 17.4 Å². The van der Waals surface area contributed by atoms with E-state index < -0.39 is 6.61 Å². The molecule has 2 aromatic heterocycles. The molecular formula is C17H11F2NO2S2. The van der Waals surface area contributed by atoms with Gasteiger partial charge in [0.1, 0.15) is 10.8 Å². The second-order valence-corrected chi connectivity index (χ2v) is 6.46. The van der Waals surface area contributed by atoms with Crippen molar-refractivity contribution < 1.29 is 18.3 Å². The van der Waals surface area contributed by atoms with Crippen LogP contribution in [-0.2, 0) is 0 Å². The molecule has 0 saturated carbocycles. The number of rotatable bonds is 6. The number of aromatic nitrogens is 1. The fraction of sp³-hybridized carbons (Fsp3) is 0.0588. The molecule has 0 atom stereocenters. The number of benzene rings is 1. The molecule has 7 heteroatoms. The van der Waals surface area contributed by atoms with Gasteiger partial charge in [0.15, 0.2) is 5.78 Å². The van der Waals surface area contributed by atoms with Crippen LogP contribution in [0.5, 0.6) is 5.75 Å². The van der Waals surface area contributed by atoms with E-state index in [2.05, 4.69) is 9.72 Å². The maximum Gasteiger partial charge on any atom is 0.387 e. The van der Waals surface area contributed by atoms with Crippen LogP contribution in [0.2, 0.25) is 0 Å². The van der Waals surface area contributed by atoms with Crippen molar-refractivity contribution in [2.45, 2.75) is 6.61 Å². The van der Waals surface area contributed by atoms with E-state index in [-0.39, 0.29) is 11.5 Å². The van der Waals surface area contributed by atoms with Gasteiger partial charge in [-0.3, -0.25) is 4.79 Å². The van der Waals surface area contributed by atoms with E-state index in [4.69, 9.17) is 0 Å². The molecule has 3 aromatic rings. The van der Waals surface area contributed by atoms with Crippen molar-refractivity contribution >= 4 is 34.5 Å². The number of nitrogens with zero attached hydrogens (tertiary/aromatic N) is 1. The highest BCUT2D eigenvalue weighted by Gasteiger charge is 2.07. The largest absolute Gasteiger partial charge is 0.435 e. The van der Waals surface area contributed by atoms with Crippen LogP contribution < -0.4 is 4.74 Å². The van der Waals surface area contributed by atoms with Crippen LogP contribution in [-0.4, -0.2) is 17.4 Å². The van der Waals surface area contributed by atoms with Gasteiger partial charge in [-0.1, -0.05) is 6.07 Å². The minimum Gasteiger partial charge on any atom is -0.435 e. The van der Waals surface area contributed by atoms with Gasteiger partial charge < -0.3 is 4.74 Å². The van der Waals surface area contributed by atoms with Gasteiger partial charge in [0.05, 0.1) is 10.6 Å². The zero-order valence-electron chi connectivity index (χ0n) is 12.2. The Labute approximate surface area is 144 Å². The minimum atomic E-state index is -2.88. The zero-order valence-corrected chi connectivity index (χ0v) is 13.8. The van der Waals surface area contributed by atoms with Crippen molar-refractivity contribution in [3.05, 3.63) is 64.5 Å². The Morgan fingerprint density at radius 3 is 2.62 bits per heavy atom. The molecule has 1 aromatic carbocycles. The predicted octanol–water partition coefficient (Wildman–Crippen LogP) is 5.37. The predicted molar refractivity (Wildman–Crippen MR) is 91.9 cm³/mol. The second-order valence-electron chi connectivity index (χ2n) is 4.66. The fourth-order valence-corrected chi connectivity index (χ4v) is 3.54.